The average molecular weight is 284 g/mol. The highest BCUT2D eigenvalue weighted by Crippen LogP contribution is 2.32. The van der Waals surface area contributed by atoms with E-state index in [-0.39, 0.29) is 6.04 Å². The van der Waals surface area contributed by atoms with Crippen LogP contribution in [0.25, 0.3) is 10.9 Å². The molecule has 1 amide bonds. The van der Waals surface area contributed by atoms with Crippen LogP contribution in [0, 0.1) is 5.92 Å². The lowest BCUT2D eigenvalue weighted by molar-refractivity contribution is 0.100. The van der Waals surface area contributed by atoms with Crippen molar-refractivity contribution in [1.82, 2.24) is 4.98 Å². The van der Waals surface area contributed by atoms with Gasteiger partial charge in [0.05, 0.1) is 16.8 Å². The zero-order chi connectivity index (χ0) is 15.0. The average Bonchev–Trinajstić information content (AvgIpc) is 2.44. The number of nitrogens with two attached hydrogens (primary N) is 2. The second-order valence-electron chi connectivity index (χ2n) is 5.91. The molecular weight excluding hydrogens is 264 g/mol. The first-order chi connectivity index (χ1) is 10.1. The Labute approximate surface area is 123 Å². The largest absolute Gasteiger partial charge is 0.368 e. The Kier molecular flexibility index (Phi) is 3.51. The van der Waals surface area contributed by atoms with E-state index in [4.69, 9.17) is 11.5 Å². The minimum absolute atomic E-state index is 0.112. The van der Waals surface area contributed by atoms with Crippen LogP contribution in [0.4, 0.5) is 5.69 Å². The second kappa shape index (κ2) is 5.33. The van der Waals surface area contributed by atoms with Crippen LogP contribution in [-0.2, 0) is 0 Å². The Balaban J connectivity index is 2.18. The van der Waals surface area contributed by atoms with Gasteiger partial charge in [-0.1, -0.05) is 25.1 Å². The van der Waals surface area contributed by atoms with Crippen LogP contribution >= 0.6 is 0 Å². The van der Waals surface area contributed by atoms with E-state index in [2.05, 4.69) is 16.8 Å². The lowest BCUT2D eigenvalue weighted by Crippen LogP contribution is -2.47. The first-order valence-corrected chi connectivity index (χ1v) is 7.24. The molecule has 1 aromatic heterocycles. The van der Waals surface area contributed by atoms with Gasteiger partial charge in [0.2, 0.25) is 0 Å². The molecule has 2 atom stereocenters. The summed E-state index contributed by atoms with van der Waals surface area (Å²) in [5.41, 5.74) is 13.9. The lowest BCUT2D eigenvalue weighted by atomic mass is 9.95. The number of pyridine rings is 1. The fraction of sp³-hybridized carbons (Fsp3) is 0.375. The third kappa shape index (κ3) is 2.56. The predicted molar refractivity (Wildman–Crippen MR) is 84.2 cm³/mol. The Bertz CT molecular complexity index is 675. The molecule has 1 fully saturated rings. The highest BCUT2D eigenvalue weighted by Gasteiger charge is 2.26. The summed E-state index contributed by atoms with van der Waals surface area (Å²) in [6.07, 6.45) is 2.58. The molecule has 21 heavy (non-hydrogen) atoms. The Morgan fingerprint density at radius 3 is 2.81 bits per heavy atom. The van der Waals surface area contributed by atoms with Gasteiger partial charge in [0.15, 0.2) is 0 Å². The van der Waals surface area contributed by atoms with E-state index in [0.717, 1.165) is 36.1 Å². The number of nitrogens with zero attached hydrogens (tertiary/aromatic N) is 2. The van der Waals surface area contributed by atoms with E-state index < -0.39 is 5.91 Å². The number of hydrogen-bond donors (Lipinski definition) is 2. The number of carbonyl (C=O) groups excluding carboxylic acids is 1. The molecule has 0 radical (unpaired) electrons. The number of benzene rings is 1. The molecule has 1 aliphatic heterocycles. The second-order valence-corrected chi connectivity index (χ2v) is 5.91. The number of amides is 1. The lowest BCUT2D eigenvalue weighted by Gasteiger charge is -2.37. The monoisotopic (exact) mass is 284 g/mol. The zero-order valence-electron chi connectivity index (χ0n) is 12.1. The third-order valence-corrected chi connectivity index (χ3v) is 4.02. The molecule has 0 aliphatic carbocycles. The van der Waals surface area contributed by atoms with Crippen molar-refractivity contribution < 1.29 is 4.79 Å². The summed E-state index contributed by atoms with van der Waals surface area (Å²) in [5.74, 6) is 0.0384. The minimum Gasteiger partial charge on any atom is -0.368 e. The molecule has 2 unspecified atom stereocenters. The van der Waals surface area contributed by atoms with Crippen molar-refractivity contribution in [2.75, 3.05) is 18.0 Å². The molecule has 2 aromatic rings. The highest BCUT2D eigenvalue weighted by molar-refractivity contribution is 6.06. The number of carbonyl (C=O) groups is 1. The number of piperidine rings is 1. The predicted octanol–water partition coefficient (Wildman–Crippen LogP) is 1.51. The van der Waals surface area contributed by atoms with Crippen LogP contribution in [0.5, 0.6) is 0 Å². The molecule has 110 valence electrons. The van der Waals surface area contributed by atoms with Gasteiger partial charge < -0.3 is 16.4 Å². The van der Waals surface area contributed by atoms with Crippen molar-refractivity contribution in [2.24, 2.45) is 17.4 Å². The van der Waals surface area contributed by atoms with Gasteiger partial charge in [-0.15, -0.1) is 0 Å². The summed E-state index contributed by atoms with van der Waals surface area (Å²) < 4.78 is 0. The van der Waals surface area contributed by atoms with E-state index in [1.165, 1.54) is 0 Å². The molecule has 5 heteroatoms. The normalized spacial score (nSPS) is 22.5. The van der Waals surface area contributed by atoms with Crippen molar-refractivity contribution in [3.63, 3.8) is 0 Å². The fourth-order valence-electron chi connectivity index (χ4n) is 3.23. The molecule has 3 rings (SSSR count). The molecule has 0 spiro atoms. The molecule has 5 nitrogen and oxygen atoms in total. The molecule has 0 bridgehead atoms. The van der Waals surface area contributed by atoms with E-state index in [0.29, 0.717) is 11.5 Å². The summed E-state index contributed by atoms with van der Waals surface area (Å²) in [6.45, 7) is 3.79. The van der Waals surface area contributed by atoms with Crippen molar-refractivity contribution in [3.05, 3.63) is 36.0 Å². The molecule has 4 N–H and O–H groups in total. The maximum absolute atomic E-state index is 11.8. The van der Waals surface area contributed by atoms with Crippen molar-refractivity contribution in [2.45, 2.75) is 19.4 Å². The van der Waals surface area contributed by atoms with Crippen LogP contribution in [0.15, 0.2) is 30.5 Å². The summed E-state index contributed by atoms with van der Waals surface area (Å²) in [7, 11) is 0. The van der Waals surface area contributed by atoms with Crippen molar-refractivity contribution in [3.8, 4) is 0 Å². The summed E-state index contributed by atoms with van der Waals surface area (Å²) in [4.78, 5) is 18.3. The smallest absolute Gasteiger partial charge is 0.252 e. The quantitative estimate of drug-likeness (QED) is 0.875. The number of primary amides is 1. The van der Waals surface area contributed by atoms with Crippen LogP contribution in [0.3, 0.4) is 0 Å². The molecule has 1 aromatic carbocycles. The first kappa shape index (κ1) is 13.8. The maximum atomic E-state index is 11.8. The summed E-state index contributed by atoms with van der Waals surface area (Å²) in [5, 5.41) is 0.954. The van der Waals surface area contributed by atoms with Crippen LogP contribution in [0.2, 0.25) is 0 Å². The Morgan fingerprint density at radius 1 is 1.33 bits per heavy atom. The van der Waals surface area contributed by atoms with Crippen LogP contribution < -0.4 is 16.4 Å². The van der Waals surface area contributed by atoms with Crippen molar-refractivity contribution in [1.29, 1.82) is 0 Å². The van der Waals surface area contributed by atoms with E-state index >= 15 is 0 Å². The SMILES string of the molecule is CC1CC(N)CN(c2c(C(N)=O)cnc3ccccc23)C1. The highest BCUT2D eigenvalue weighted by atomic mass is 16.1. The van der Waals surface area contributed by atoms with Crippen LogP contribution in [-0.4, -0.2) is 30.0 Å². The number of hydrogen-bond acceptors (Lipinski definition) is 4. The first-order valence-electron chi connectivity index (χ1n) is 7.24. The summed E-state index contributed by atoms with van der Waals surface area (Å²) in [6, 6.07) is 7.92. The molecule has 0 saturated carbocycles. The minimum atomic E-state index is -0.449. The molecule has 1 aliphatic rings. The van der Waals surface area contributed by atoms with Crippen LogP contribution in [0.1, 0.15) is 23.7 Å². The molecule has 2 heterocycles. The van der Waals surface area contributed by atoms with Crippen molar-refractivity contribution >= 4 is 22.5 Å². The van der Waals surface area contributed by atoms with Gasteiger partial charge in [-0.05, 0) is 18.4 Å². The summed E-state index contributed by atoms with van der Waals surface area (Å²) >= 11 is 0. The van der Waals surface area contributed by atoms with E-state index in [1.54, 1.807) is 6.20 Å². The van der Waals surface area contributed by atoms with E-state index in [9.17, 15) is 4.79 Å². The number of anilines is 1. The van der Waals surface area contributed by atoms with Gasteiger partial charge in [-0.25, -0.2) is 0 Å². The Morgan fingerprint density at radius 2 is 2.10 bits per heavy atom. The number of fused-ring (bicyclic) bond motifs is 1. The zero-order valence-corrected chi connectivity index (χ0v) is 12.1. The van der Waals surface area contributed by atoms with Gasteiger partial charge in [0.1, 0.15) is 0 Å². The van der Waals surface area contributed by atoms with Gasteiger partial charge >= 0.3 is 0 Å². The van der Waals surface area contributed by atoms with Gasteiger partial charge in [0.25, 0.3) is 5.91 Å². The maximum Gasteiger partial charge on any atom is 0.252 e. The molecule has 1 saturated heterocycles. The van der Waals surface area contributed by atoms with E-state index in [1.807, 2.05) is 24.3 Å². The number of para-hydroxylation sites is 1. The Hall–Kier alpha value is -2.14. The standard InChI is InChI=1S/C16H20N4O/c1-10-6-11(17)9-20(8-10)15-12-4-2-3-5-14(12)19-7-13(15)16(18)21/h2-5,7,10-11H,6,8-9,17H2,1H3,(H2,18,21). The molecular formula is C16H20N4O. The topological polar surface area (TPSA) is 85.2 Å². The number of aromatic nitrogens is 1. The fourth-order valence-corrected chi connectivity index (χ4v) is 3.23. The van der Waals surface area contributed by atoms with Gasteiger partial charge in [-0.2, -0.15) is 0 Å². The van der Waals surface area contributed by atoms with Gasteiger partial charge in [0, 0.05) is 30.7 Å². The van der Waals surface area contributed by atoms with Gasteiger partial charge in [-0.3, -0.25) is 9.78 Å². The number of rotatable bonds is 2. The third-order valence-electron chi connectivity index (χ3n) is 4.02.